The first kappa shape index (κ1) is 19.1. The Morgan fingerprint density at radius 1 is 1.04 bits per heavy atom. The van der Waals surface area contributed by atoms with Crippen LogP contribution in [0.3, 0.4) is 0 Å². The van der Waals surface area contributed by atoms with Gasteiger partial charge in [0, 0.05) is 5.56 Å². The summed E-state index contributed by atoms with van der Waals surface area (Å²) < 4.78 is 0. The number of aliphatic carboxylic acids is 2. The summed E-state index contributed by atoms with van der Waals surface area (Å²) >= 11 is 0. The van der Waals surface area contributed by atoms with E-state index in [0.29, 0.717) is 18.5 Å². The zero-order valence-electron chi connectivity index (χ0n) is 14.1. The second kappa shape index (κ2) is 9.29. The van der Waals surface area contributed by atoms with Crippen LogP contribution in [0.15, 0.2) is 30.3 Å². The molecule has 2 saturated heterocycles. The average molecular weight is 348 g/mol. The molecule has 2 heterocycles. The van der Waals surface area contributed by atoms with E-state index in [2.05, 4.69) is 5.32 Å². The van der Waals surface area contributed by atoms with Gasteiger partial charge in [0.2, 0.25) is 0 Å². The second-order valence-corrected chi connectivity index (χ2v) is 6.24. The van der Waals surface area contributed by atoms with Crippen LogP contribution in [0.2, 0.25) is 0 Å². The van der Waals surface area contributed by atoms with Gasteiger partial charge in [-0.25, -0.2) is 0 Å². The van der Waals surface area contributed by atoms with Gasteiger partial charge in [0.15, 0.2) is 5.78 Å². The van der Waals surface area contributed by atoms with Gasteiger partial charge in [0.1, 0.15) is 12.1 Å². The van der Waals surface area contributed by atoms with Crippen LogP contribution in [0.5, 0.6) is 0 Å². The third-order valence-corrected chi connectivity index (χ3v) is 4.45. The summed E-state index contributed by atoms with van der Waals surface area (Å²) in [5, 5.41) is 20.2. The van der Waals surface area contributed by atoms with E-state index in [1.165, 1.54) is 0 Å². The molecule has 1 aromatic carbocycles. The molecule has 136 valence electrons. The predicted molar refractivity (Wildman–Crippen MR) is 91.7 cm³/mol. The highest BCUT2D eigenvalue weighted by atomic mass is 16.4. The van der Waals surface area contributed by atoms with Gasteiger partial charge in [0.05, 0.1) is 6.54 Å². The zero-order chi connectivity index (χ0) is 18.2. The van der Waals surface area contributed by atoms with E-state index < -0.39 is 18.0 Å². The molecule has 2 fully saturated rings. The number of likely N-dealkylation sites (tertiary alicyclic amines) is 1. The molecule has 2 atom stereocenters. The highest BCUT2D eigenvalue weighted by Gasteiger charge is 2.31. The van der Waals surface area contributed by atoms with Crippen LogP contribution < -0.4 is 5.32 Å². The summed E-state index contributed by atoms with van der Waals surface area (Å²) in [6.07, 6.45) is 3.27. The Morgan fingerprint density at radius 2 is 1.76 bits per heavy atom. The largest absolute Gasteiger partial charge is 0.480 e. The Labute approximate surface area is 146 Å². The van der Waals surface area contributed by atoms with Gasteiger partial charge >= 0.3 is 11.9 Å². The zero-order valence-corrected chi connectivity index (χ0v) is 14.1. The summed E-state index contributed by atoms with van der Waals surface area (Å²) in [4.78, 5) is 34.8. The van der Waals surface area contributed by atoms with Crippen molar-refractivity contribution in [1.29, 1.82) is 0 Å². The number of carbonyl (C=O) groups excluding carboxylic acids is 1. The van der Waals surface area contributed by atoms with Crippen LogP contribution in [-0.2, 0) is 9.59 Å². The number of ketones is 1. The van der Waals surface area contributed by atoms with Gasteiger partial charge in [-0.1, -0.05) is 30.3 Å². The fraction of sp³-hybridized carbons (Fsp3) is 0.500. The molecule has 7 nitrogen and oxygen atoms in total. The lowest BCUT2D eigenvalue weighted by molar-refractivity contribution is -0.142. The number of carboxylic acids is 2. The quantitative estimate of drug-likeness (QED) is 0.687. The first-order valence-electron chi connectivity index (χ1n) is 8.50. The van der Waals surface area contributed by atoms with Gasteiger partial charge in [-0.3, -0.25) is 19.3 Å². The van der Waals surface area contributed by atoms with Crippen molar-refractivity contribution in [2.45, 2.75) is 37.8 Å². The van der Waals surface area contributed by atoms with E-state index in [1.54, 1.807) is 17.0 Å². The Kier molecular flexibility index (Phi) is 7.09. The molecule has 25 heavy (non-hydrogen) atoms. The maximum Gasteiger partial charge on any atom is 0.320 e. The smallest absolute Gasteiger partial charge is 0.320 e. The fourth-order valence-corrected chi connectivity index (χ4v) is 3.09. The third kappa shape index (κ3) is 5.65. The highest BCUT2D eigenvalue weighted by molar-refractivity contribution is 5.97. The SMILES string of the molecule is O=C(CN1CCC[C@H]1C(=O)O)c1ccccc1.O=C(O)[C@@H]1CCCN1. The Hall–Kier alpha value is -2.25. The Bertz CT molecular complexity index is 599. The Balaban J connectivity index is 0.000000236. The summed E-state index contributed by atoms with van der Waals surface area (Å²) in [6, 6.07) is 8.23. The number of benzene rings is 1. The van der Waals surface area contributed by atoms with E-state index in [9.17, 15) is 14.4 Å². The van der Waals surface area contributed by atoms with Gasteiger partial charge in [-0.15, -0.1) is 0 Å². The minimum Gasteiger partial charge on any atom is -0.480 e. The minimum atomic E-state index is -0.830. The number of nitrogens with one attached hydrogen (secondary N) is 1. The van der Waals surface area contributed by atoms with E-state index in [1.807, 2.05) is 18.2 Å². The van der Waals surface area contributed by atoms with Crippen molar-refractivity contribution in [1.82, 2.24) is 10.2 Å². The van der Waals surface area contributed by atoms with Crippen LogP contribution in [0.25, 0.3) is 0 Å². The molecular weight excluding hydrogens is 324 g/mol. The van der Waals surface area contributed by atoms with Crippen LogP contribution in [0, 0.1) is 0 Å². The average Bonchev–Trinajstić information content (AvgIpc) is 3.28. The Morgan fingerprint density at radius 3 is 2.28 bits per heavy atom. The number of Topliss-reactive ketones (excluding diaryl/α,β-unsaturated/α-hetero) is 1. The van der Waals surface area contributed by atoms with Crippen LogP contribution in [-0.4, -0.2) is 64.6 Å². The van der Waals surface area contributed by atoms with Crippen molar-refractivity contribution in [3.8, 4) is 0 Å². The summed E-state index contributed by atoms with van der Waals surface area (Å²) in [5.74, 6) is -1.57. The molecule has 7 heteroatoms. The molecule has 2 aliphatic rings. The molecule has 0 bridgehead atoms. The number of hydrogen-bond donors (Lipinski definition) is 3. The number of nitrogens with zero attached hydrogens (tertiary/aromatic N) is 1. The van der Waals surface area contributed by atoms with Gasteiger partial charge < -0.3 is 15.5 Å². The van der Waals surface area contributed by atoms with E-state index in [4.69, 9.17) is 10.2 Å². The maximum atomic E-state index is 11.9. The van der Waals surface area contributed by atoms with Crippen molar-refractivity contribution in [3.63, 3.8) is 0 Å². The van der Waals surface area contributed by atoms with E-state index in [-0.39, 0.29) is 18.4 Å². The molecule has 2 aliphatic heterocycles. The van der Waals surface area contributed by atoms with Crippen molar-refractivity contribution < 1.29 is 24.6 Å². The van der Waals surface area contributed by atoms with Crippen molar-refractivity contribution in [2.24, 2.45) is 0 Å². The number of rotatable bonds is 5. The molecule has 3 N–H and O–H groups in total. The minimum absolute atomic E-state index is 0.0150. The van der Waals surface area contributed by atoms with Crippen LogP contribution >= 0.6 is 0 Å². The molecule has 0 saturated carbocycles. The molecule has 0 spiro atoms. The maximum absolute atomic E-state index is 11.9. The molecule has 0 unspecified atom stereocenters. The third-order valence-electron chi connectivity index (χ3n) is 4.45. The lowest BCUT2D eigenvalue weighted by Crippen LogP contribution is -2.39. The fourth-order valence-electron chi connectivity index (χ4n) is 3.09. The summed E-state index contributed by atoms with van der Waals surface area (Å²) in [5.41, 5.74) is 0.642. The van der Waals surface area contributed by atoms with Crippen molar-refractivity contribution >= 4 is 17.7 Å². The number of carbonyl (C=O) groups is 3. The molecule has 0 amide bonds. The number of carboxylic acid groups (broad SMARTS) is 2. The van der Waals surface area contributed by atoms with Crippen molar-refractivity contribution in [3.05, 3.63) is 35.9 Å². The lowest BCUT2D eigenvalue weighted by atomic mass is 10.1. The van der Waals surface area contributed by atoms with Gasteiger partial charge in [-0.05, 0) is 38.8 Å². The molecule has 0 radical (unpaired) electrons. The standard InChI is InChI=1S/C13H15NO3.C5H9NO2/c15-12(10-5-2-1-3-6-10)9-14-8-4-7-11(14)13(16)17;7-5(8)4-2-1-3-6-4/h1-3,5-6,11H,4,7-9H2,(H,16,17);4,6H,1-3H2,(H,7,8)/t11-;4-/m00/s1. The summed E-state index contributed by atoms with van der Waals surface area (Å²) in [7, 11) is 0. The first-order chi connectivity index (χ1) is 12.0. The monoisotopic (exact) mass is 348 g/mol. The molecule has 0 aliphatic carbocycles. The molecule has 1 aromatic rings. The molecular formula is C18H24N2O5. The van der Waals surface area contributed by atoms with E-state index in [0.717, 1.165) is 25.8 Å². The van der Waals surface area contributed by atoms with Gasteiger partial charge in [0.25, 0.3) is 0 Å². The molecule has 0 aromatic heterocycles. The van der Waals surface area contributed by atoms with Crippen LogP contribution in [0.1, 0.15) is 36.0 Å². The van der Waals surface area contributed by atoms with Gasteiger partial charge in [-0.2, -0.15) is 0 Å². The molecule has 3 rings (SSSR count). The first-order valence-corrected chi connectivity index (χ1v) is 8.50. The second-order valence-electron chi connectivity index (χ2n) is 6.24. The van der Waals surface area contributed by atoms with E-state index >= 15 is 0 Å². The lowest BCUT2D eigenvalue weighted by Gasteiger charge is -2.19. The predicted octanol–water partition coefficient (Wildman–Crippen LogP) is 1.24. The van der Waals surface area contributed by atoms with Crippen molar-refractivity contribution in [2.75, 3.05) is 19.6 Å². The normalized spacial score (nSPS) is 22.9. The number of hydrogen-bond acceptors (Lipinski definition) is 5. The summed E-state index contributed by atoms with van der Waals surface area (Å²) in [6.45, 7) is 1.74. The highest BCUT2D eigenvalue weighted by Crippen LogP contribution is 2.17. The topological polar surface area (TPSA) is 107 Å². The van der Waals surface area contributed by atoms with Crippen LogP contribution in [0.4, 0.5) is 0 Å².